The molecule has 1 rings (SSSR count). The monoisotopic (exact) mass is 254 g/mol. The Hall–Kier alpha value is -0.870. The van der Waals surface area contributed by atoms with E-state index in [0.29, 0.717) is 13.0 Å². The third-order valence-electron chi connectivity index (χ3n) is 2.36. The van der Waals surface area contributed by atoms with E-state index < -0.39 is 0 Å². The largest absolute Gasteiger partial charge is 0.351 e. The van der Waals surface area contributed by atoms with Crippen LogP contribution in [0.4, 0.5) is 0 Å². The van der Waals surface area contributed by atoms with Crippen molar-refractivity contribution in [3.8, 4) is 0 Å². The fraction of sp³-hybridized carbons (Fsp3) is 0.615. The van der Waals surface area contributed by atoms with Crippen LogP contribution in [0.2, 0.25) is 0 Å². The van der Waals surface area contributed by atoms with Gasteiger partial charge in [-0.3, -0.25) is 4.79 Å². The number of amides is 1. The number of nitrogens with two attached hydrogens (primary N) is 1. The molecule has 1 aromatic rings. The molecule has 0 spiro atoms. The van der Waals surface area contributed by atoms with Crippen LogP contribution in [-0.4, -0.2) is 11.9 Å². The van der Waals surface area contributed by atoms with Gasteiger partial charge >= 0.3 is 0 Å². The molecule has 3 nitrogen and oxygen atoms in total. The lowest BCUT2D eigenvalue weighted by Crippen LogP contribution is -2.33. The Labute approximate surface area is 107 Å². The maximum atomic E-state index is 11.6. The lowest BCUT2D eigenvalue weighted by molar-refractivity contribution is -0.121. The fourth-order valence-electron chi connectivity index (χ4n) is 1.77. The van der Waals surface area contributed by atoms with Crippen molar-refractivity contribution in [2.45, 2.75) is 46.2 Å². The summed E-state index contributed by atoms with van der Waals surface area (Å²) in [6, 6.07) is 3.94. The number of rotatable bonds is 5. The number of hydrogen-bond acceptors (Lipinski definition) is 3. The highest BCUT2D eigenvalue weighted by atomic mass is 32.1. The van der Waals surface area contributed by atoms with Crippen LogP contribution in [0.5, 0.6) is 0 Å². The number of nitrogens with one attached hydrogen (secondary N) is 1. The summed E-state index contributed by atoms with van der Waals surface area (Å²) in [5, 5.41) is 4.90. The maximum Gasteiger partial charge on any atom is 0.221 e. The van der Waals surface area contributed by atoms with Gasteiger partial charge in [0.1, 0.15) is 0 Å². The minimum Gasteiger partial charge on any atom is -0.351 e. The van der Waals surface area contributed by atoms with Gasteiger partial charge < -0.3 is 11.1 Å². The van der Waals surface area contributed by atoms with Crippen molar-refractivity contribution >= 4 is 17.2 Å². The molecular weight excluding hydrogens is 232 g/mol. The van der Waals surface area contributed by atoms with E-state index in [1.54, 1.807) is 11.3 Å². The molecule has 0 aliphatic heterocycles. The Morgan fingerprint density at radius 3 is 2.76 bits per heavy atom. The van der Waals surface area contributed by atoms with Crippen molar-refractivity contribution in [2.75, 3.05) is 0 Å². The first-order valence-electron chi connectivity index (χ1n) is 5.91. The molecule has 0 aromatic carbocycles. The summed E-state index contributed by atoms with van der Waals surface area (Å²) in [4.78, 5) is 12.8. The van der Waals surface area contributed by atoms with E-state index in [1.165, 1.54) is 4.88 Å². The van der Waals surface area contributed by atoms with E-state index in [-0.39, 0.29) is 17.4 Å². The van der Waals surface area contributed by atoms with E-state index in [1.807, 2.05) is 17.5 Å². The molecule has 3 N–H and O–H groups in total. The maximum absolute atomic E-state index is 11.6. The zero-order valence-corrected chi connectivity index (χ0v) is 11.6. The second-order valence-corrected chi connectivity index (χ2v) is 6.62. The predicted molar refractivity (Wildman–Crippen MR) is 72.8 cm³/mol. The summed E-state index contributed by atoms with van der Waals surface area (Å²) >= 11 is 1.65. The summed E-state index contributed by atoms with van der Waals surface area (Å²) in [7, 11) is 0. The van der Waals surface area contributed by atoms with Crippen molar-refractivity contribution in [1.82, 2.24) is 5.32 Å². The summed E-state index contributed by atoms with van der Waals surface area (Å²) < 4.78 is 0. The second-order valence-electron chi connectivity index (χ2n) is 5.59. The molecule has 1 aromatic heterocycles. The van der Waals surface area contributed by atoms with E-state index >= 15 is 0 Å². The van der Waals surface area contributed by atoms with E-state index in [2.05, 4.69) is 26.1 Å². The SMILES string of the molecule is CC(C)(C)CC(N)CC(=O)NCc1cccs1. The standard InChI is InChI=1S/C13H22N2OS/c1-13(2,3)8-10(14)7-12(16)15-9-11-5-4-6-17-11/h4-6,10H,7-9,14H2,1-3H3,(H,15,16). The van der Waals surface area contributed by atoms with Gasteiger partial charge in [0.05, 0.1) is 6.54 Å². The fourth-order valence-corrected chi connectivity index (χ4v) is 2.41. The van der Waals surface area contributed by atoms with Gasteiger partial charge in [0, 0.05) is 17.3 Å². The molecule has 0 saturated carbocycles. The molecule has 0 radical (unpaired) electrons. The summed E-state index contributed by atoms with van der Waals surface area (Å²) in [6.45, 7) is 7.02. The Morgan fingerprint density at radius 1 is 1.53 bits per heavy atom. The first-order chi connectivity index (χ1) is 7.87. The second kappa shape index (κ2) is 6.17. The van der Waals surface area contributed by atoms with Crippen LogP contribution in [0.15, 0.2) is 17.5 Å². The van der Waals surface area contributed by atoms with Gasteiger partial charge in [0.15, 0.2) is 0 Å². The van der Waals surface area contributed by atoms with E-state index in [4.69, 9.17) is 5.73 Å². The van der Waals surface area contributed by atoms with Gasteiger partial charge in [-0.2, -0.15) is 0 Å². The highest BCUT2D eigenvalue weighted by molar-refractivity contribution is 7.09. The normalized spacial score (nSPS) is 13.4. The molecule has 96 valence electrons. The Morgan fingerprint density at radius 2 is 2.24 bits per heavy atom. The Balaban J connectivity index is 2.25. The summed E-state index contributed by atoms with van der Waals surface area (Å²) in [5.41, 5.74) is 6.13. The molecule has 1 amide bonds. The third kappa shape index (κ3) is 6.44. The first kappa shape index (κ1) is 14.2. The average Bonchev–Trinajstić information content (AvgIpc) is 2.63. The van der Waals surface area contributed by atoms with Crippen LogP contribution in [0.25, 0.3) is 0 Å². The minimum atomic E-state index is -0.0571. The van der Waals surface area contributed by atoms with Gasteiger partial charge in [0.2, 0.25) is 5.91 Å². The lowest BCUT2D eigenvalue weighted by Gasteiger charge is -2.22. The van der Waals surface area contributed by atoms with Crippen LogP contribution >= 0.6 is 11.3 Å². The third-order valence-corrected chi connectivity index (χ3v) is 3.24. The zero-order valence-electron chi connectivity index (χ0n) is 10.8. The molecule has 17 heavy (non-hydrogen) atoms. The van der Waals surface area contributed by atoms with Crippen molar-refractivity contribution in [3.63, 3.8) is 0 Å². The van der Waals surface area contributed by atoms with Crippen LogP contribution in [0.1, 0.15) is 38.5 Å². The van der Waals surface area contributed by atoms with Crippen LogP contribution in [0.3, 0.4) is 0 Å². The van der Waals surface area contributed by atoms with Gasteiger partial charge in [-0.05, 0) is 23.3 Å². The van der Waals surface area contributed by atoms with Crippen molar-refractivity contribution in [1.29, 1.82) is 0 Å². The molecule has 0 fully saturated rings. The van der Waals surface area contributed by atoms with Gasteiger partial charge in [-0.25, -0.2) is 0 Å². The van der Waals surface area contributed by atoms with E-state index in [9.17, 15) is 4.79 Å². The van der Waals surface area contributed by atoms with Crippen molar-refractivity contribution in [3.05, 3.63) is 22.4 Å². The molecule has 1 unspecified atom stereocenters. The molecule has 1 atom stereocenters. The number of carbonyl (C=O) groups excluding carboxylic acids is 1. The van der Waals surface area contributed by atoms with Crippen molar-refractivity contribution in [2.24, 2.45) is 11.1 Å². The first-order valence-corrected chi connectivity index (χ1v) is 6.79. The highest BCUT2D eigenvalue weighted by Gasteiger charge is 2.17. The van der Waals surface area contributed by atoms with Crippen molar-refractivity contribution < 1.29 is 4.79 Å². The predicted octanol–water partition coefficient (Wildman–Crippen LogP) is 2.52. The minimum absolute atomic E-state index is 0.0372. The topological polar surface area (TPSA) is 55.1 Å². The number of thiophene rings is 1. The van der Waals surface area contributed by atoms with Crippen LogP contribution < -0.4 is 11.1 Å². The van der Waals surface area contributed by atoms with Crippen LogP contribution in [0, 0.1) is 5.41 Å². The summed E-state index contributed by atoms with van der Waals surface area (Å²) in [5.74, 6) is 0.0372. The zero-order chi connectivity index (χ0) is 12.9. The van der Waals surface area contributed by atoms with Crippen LogP contribution in [-0.2, 0) is 11.3 Å². The van der Waals surface area contributed by atoms with E-state index in [0.717, 1.165) is 6.42 Å². The molecule has 0 saturated heterocycles. The number of carbonyl (C=O) groups is 1. The van der Waals surface area contributed by atoms with Gasteiger partial charge in [-0.1, -0.05) is 26.8 Å². The molecule has 1 heterocycles. The molecule has 0 aliphatic rings. The quantitative estimate of drug-likeness (QED) is 0.848. The number of hydrogen-bond donors (Lipinski definition) is 2. The average molecular weight is 254 g/mol. The molecular formula is C13H22N2OS. The smallest absolute Gasteiger partial charge is 0.221 e. The highest BCUT2D eigenvalue weighted by Crippen LogP contribution is 2.20. The lowest BCUT2D eigenvalue weighted by atomic mass is 9.87. The summed E-state index contributed by atoms with van der Waals surface area (Å²) in [6.07, 6.45) is 1.27. The molecule has 0 aliphatic carbocycles. The Kier molecular flexibility index (Phi) is 5.15. The van der Waals surface area contributed by atoms with Gasteiger partial charge in [-0.15, -0.1) is 11.3 Å². The Bertz CT molecular complexity index is 341. The molecule has 0 bridgehead atoms. The molecule has 4 heteroatoms. The van der Waals surface area contributed by atoms with Gasteiger partial charge in [0.25, 0.3) is 0 Å².